The van der Waals surface area contributed by atoms with E-state index in [9.17, 15) is 32.7 Å². The maximum Gasteiger partial charge on any atom is 0.416 e. The Kier molecular flexibility index (Phi) is 5.84. The molecule has 0 fully saturated rings. The molecule has 0 aliphatic rings. The van der Waals surface area contributed by atoms with Crippen LogP contribution in [-0.2, 0) is 11.0 Å². The van der Waals surface area contributed by atoms with Gasteiger partial charge in [-0.3, -0.25) is 9.59 Å². The number of benzene rings is 2. The van der Waals surface area contributed by atoms with Crippen LogP contribution in [0.15, 0.2) is 42.5 Å². The number of hydrogen-bond acceptors (Lipinski definition) is 5. The Morgan fingerprint density at radius 2 is 1.67 bits per heavy atom. The monoisotopic (exact) mass is 380 g/mol. The molecule has 0 atom stereocenters. The van der Waals surface area contributed by atoms with Crippen molar-refractivity contribution in [2.24, 2.45) is 0 Å². The number of aromatic carboxylic acids is 1. The molecule has 6 nitrogen and oxygen atoms in total. The summed E-state index contributed by atoms with van der Waals surface area (Å²) in [6.45, 7) is 0. The second-order valence-electron chi connectivity index (χ2n) is 5.46. The van der Waals surface area contributed by atoms with E-state index in [1.165, 1.54) is 31.4 Å². The number of ketones is 1. The van der Waals surface area contributed by atoms with Gasteiger partial charge in [-0.15, -0.1) is 0 Å². The van der Waals surface area contributed by atoms with Crippen molar-refractivity contribution in [2.75, 3.05) is 12.4 Å². The smallest absolute Gasteiger partial charge is 0.416 e. The topological polar surface area (TPSA) is 95.5 Å². The highest BCUT2D eigenvalue weighted by Crippen LogP contribution is 2.32. The zero-order valence-electron chi connectivity index (χ0n) is 13.9. The third-order valence-corrected chi connectivity index (χ3v) is 3.51. The number of nitrogens with one attached hydrogen (secondary N) is 1. The van der Waals surface area contributed by atoms with Gasteiger partial charge in [0, 0.05) is 11.3 Å². The van der Waals surface area contributed by atoms with Gasteiger partial charge in [0.25, 0.3) is 0 Å². The van der Waals surface area contributed by atoms with Gasteiger partial charge in [0.1, 0.15) is 5.75 Å². The van der Waals surface area contributed by atoms with Gasteiger partial charge in [0.05, 0.1) is 25.1 Å². The van der Waals surface area contributed by atoms with Gasteiger partial charge in [-0.05, 0) is 48.0 Å². The predicted molar refractivity (Wildman–Crippen MR) is 86.3 cm³/mol. The number of rotatable bonds is 6. The number of carboxylic acid groups (broad SMARTS) is 1. The van der Waals surface area contributed by atoms with Gasteiger partial charge in [-0.1, -0.05) is 0 Å². The van der Waals surface area contributed by atoms with Crippen LogP contribution in [0.3, 0.4) is 0 Å². The first-order valence-electron chi connectivity index (χ1n) is 7.51. The number of halogens is 3. The van der Waals surface area contributed by atoms with E-state index in [4.69, 9.17) is 4.74 Å². The summed E-state index contributed by atoms with van der Waals surface area (Å²) in [5.74, 6) is -2.78. The van der Waals surface area contributed by atoms with E-state index in [0.717, 1.165) is 6.07 Å². The third kappa shape index (κ3) is 5.30. The molecule has 0 heterocycles. The van der Waals surface area contributed by atoms with Crippen molar-refractivity contribution >= 4 is 23.3 Å². The second-order valence-corrected chi connectivity index (χ2v) is 5.46. The average Bonchev–Trinajstić information content (AvgIpc) is 2.60. The number of carbonyl (C=O) groups is 3. The Hall–Kier alpha value is -3.36. The zero-order chi connectivity index (χ0) is 20.2. The number of ether oxygens (including phenoxy) is 1. The number of anilines is 1. The van der Waals surface area contributed by atoms with Crippen LogP contribution in [0.1, 0.15) is 32.7 Å². The van der Waals surface area contributed by atoms with Gasteiger partial charge in [-0.2, -0.15) is 13.2 Å². The fourth-order valence-electron chi connectivity index (χ4n) is 2.21. The maximum absolute atomic E-state index is 12.9. The molecule has 1 amide bonds. The molecule has 0 saturated carbocycles. The average molecular weight is 380 g/mol. The quantitative estimate of drug-likeness (QED) is 0.613. The van der Waals surface area contributed by atoms with E-state index in [-0.39, 0.29) is 5.56 Å². The Morgan fingerprint density at radius 3 is 2.19 bits per heavy atom. The first-order chi connectivity index (χ1) is 12.6. The Balaban J connectivity index is 2.15. The van der Waals surface area contributed by atoms with Gasteiger partial charge >= 0.3 is 6.18 Å². The molecule has 0 spiro atoms. The molecule has 0 saturated heterocycles. The highest BCUT2D eigenvalue weighted by molar-refractivity contribution is 6.11. The molecule has 0 bridgehead atoms. The van der Waals surface area contributed by atoms with Gasteiger partial charge < -0.3 is 20.0 Å². The van der Waals surface area contributed by atoms with Gasteiger partial charge in [0.15, 0.2) is 5.78 Å². The summed E-state index contributed by atoms with van der Waals surface area (Å²) in [6, 6.07) is 7.70. The Bertz CT molecular complexity index is 876. The molecule has 0 aliphatic carbocycles. The van der Waals surface area contributed by atoms with Crippen LogP contribution in [0.5, 0.6) is 5.75 Å². The van der Waals surface area contributed by atoms with Gasteiger partial charge in [-0.25, -0.2) is 0 Å². The number of carboxylic acids is 1. The minimum absolute atomic E-state index is 0.213. The number of Topliss-reactive ketones (excluding diaryl/α,β-unsaturated/α-hetero) is 1. The fourth-order valence-corrected chi connectivity index (χ4v) is 2.21. The highest BCUT2D eigenvalue weighted by atomic mass is 19.4. The fraction of sp³-hybridized carbons (Fsp3) is 0.167. The lowest BCUT2D eigenvalue weighted by atomic mass is 10.1. The van der Waals surface area contributed by atoms with E-state index in [2.05, 4.69) is 5.32 Å². The van der Waals surface area contributed by atoms with E-state index >= 15 is 0 Å². The Morgan fingerprint density at radius 1 is 1.04 bits per heavy atom. The van der Waals surface area contributed by atoms with Crippen LogP contribution in [0.2, 0.25) is 0 Å². The number of alkyl halides is 3. The number of carbonyl (C=O) groups excluding carboxylic acids is 3. The number of amides is 1. The highest BCUT2D eigenvalue weighted by Gasteiger charge is 2.31. The van der Waals surface area contributed by atoms with Crippen LogP contribution in [0.25, 0.3) is 0 Å². The van der Waals surface area contributed by atoms with Crippen LogP contribution >= 0.6 is 0 Å². The molecule has 2 rings (SSSR count). The van der Waals surface area contributed by atoms with Crippen LogP contribution in [0.4, 0.5) is 18.9 Å². The largest absolute Gasteiger partial charge is 0.545 e. The van der Waals surface area contributed by atoms with E-state index in [1.807, 2.05) is 0 Å². The van der Waals surface area contributed by atoms with Crippen molar-refractivity contribution in [3.05, 3.63) is 59.2 Å². The molecule has 9 heteroatoms. The van der Waals surface area contributed by atoms with Gasteiger partial charge in [0.2, 0.25) is 5.91 Å². The van der Waals surface area contributed by atoms with Crippen molar-refractivity contribution < 1.29 is 37.4 Å². The SMILES string of the molecule is COc1ccc(C(=O)CC(=O)Nc2cc(C(=O)[O-])cc(C(F)(F)F)c2)cc1. The van der Waals surface area contributed by atoms with Crippen LogP contribution in [-0.4, -0.2) is 24.8 Å². The minimum atomic E-state index is -4.82. The molecule has 142 valence electrons. The van der Waals surface area contributed by atoms with Crippen molar-refractivity contribution in [2.45, 2.75) is 12.6 Å². The summed E-state index contributed by atoms with van der Waals surface area (Å²) < 4.78 is 43.5. The van der Waals surface area contributed by atoms with Crippen LogP contribution < -0.4 is 15.2 Å². The lowest BCUT2D eigenvalue weighted by molar-refractivity contribution is -0.255. The third-order valence-electron chi connectivity index (χ3n) is 3.51. The summed E-state index contributed by atoms with van der Waals surface area (Å²) in [5.41, 5.74) is -2.20. The molecule has 0 unspecified atom stereocenters. The standard InChI is InChI=1S/C18H14F3NO5/c1-27-14-4-2-10(3-5-14)15(23)9-16(24)22-13-7-11(17(25)26)6-12(8-13)18(19,20)21/h2-8H,9H2,1H3,(H,22,24)(H,25,26)/p-1. The summed E-state index contributed by atoms with van der Waals surface area (Å²) in [5, 5.41) is 13.0. The molecule has 2 aromatic rings. The normalized spacial score (nSPS) is 11.0. The lowest BCUT2D eigenvalue weighted by Gasteiger charge is -2.13. The summed E-state index contributed by atoms with van der Waals surface area (Å²) >= 11 is 0. The first kappa shape index (κ1) is 20.0. The Labute approximate surface area is 151 Å². The second kappa shape index (κ2) is 7.90. The number of methoxy groups -OCH3 is 1. The van der Waals surface area contributed by atoms with E-state index in [1.54, 1.807) is 0 Å². The molecular weight excluding hydrogens is 367 g/mol. The van der Waals surface area contributed by atoms with Crippen LogP contribution in [0, 0.1) is 0 Å². The van der Waals surface area contributed by atoms with Crippen molar-refractivity contribution in [1.82, 2.24) is 0 Å². The van der Waals surface area contributed by atoms with E-state index < -0.39 is 47.1 Å². The molecule has 2 aromatic carbocycles. The molecular formula is C18H13F3NO5-. The maximum atomic E-state index is 12.9. The molecule has 0 aliphatic heterocycles. The first-order valence-corrected chi connectivity index (χ1v) is 7.51. The molecule has 0 aromatic heterocycles. The summed E-state index contributed by atoms with van der Waals surface area (Å²) in [6.07, 6.45) is -5.45. The molecule has 27 heavy (non-hydrogen) atoms. The molecule has 0 radical (unpaired) electrons. The lowest BCUT2D eigenvalue weighted by Crippen LogP contribution is -2.24. The molecule has 1 N–H and O–H groups in total. The zero-order valence-corrected chi connectivity index (χ0v) is 13.9. The van der Waals surface area contributed by atoms with E-state index in [0.29, 0.717) is 17.9 Å². The summed E-state index contributed by atoms with van der Waals surface area (Å²) in [7, 11) is 1.44. The van der Waals surface area contributed by atoms with Crippen molar-refractivity contribution in [3.8, 4) is 5.75 Å². The number of hydrogen-bond donors (Lipinski definition) is 1. The summed E-state index contributed by atoms with van der Waals surface area (Å²) in [4.78, 5) is 34.9. The van der Waals surface area contributed by atoms with Crippen molar-refractivity contribution in [3.63, 3.8) is 0 Å². The van der Waals surface area contributed by atoms with Crippen molar-refractivity contribution in [1.29, 1.82) is 0 Å². The minimum Gasteiger partial charge on any atom is -0.545 e. The predicted octanol–water partition coefficient (Wildman–Crippen LogP) is 2.29.